The molecule has 1 heterocycles. The van der Waals surface area contributed by atoms with E-state index in [1.807, 2.05) is 0 Å². The van der Waals surface area contributed by atoms with Crippen molar-refractivity contribution in [1.29, 1.82) is 0 Å². The number of hydrogen-bond acceptors (Lipinski definition) is 6. The van der Waals surface area contributed by atoms with E-state index in [0.29, 0.717) is 0 Å². The van der Waals surface area contributed by atoms with Gasteiger partial charge in [-0.25, -0.2) is 9.48 Å². The molecule has 1 saturated carbocycles. The van der Waals surface area contributed by atoms with Gasteiger partial charge in [0, 0.05) is 12.5 Å². The van der Waals surface area contributed by atoms with Crippen molar-refractivity contribution in [1.82, 2.24) is 25.5 Å². The predicted molar refractivity (Wildman–Crippen MR) is 73.4 cm³/mol. The molecule has 1 amide bonds. The molecule has 0 atom stereocenters. The number of esters is 1. The predicted octanol–water partition coefficient (Wildman–Crippen LogP) is 0.689. The molecule has 0 bridgehead atoms. The van der Waals surface area contributed by atoms with Crippen LogP contribution in [-0.4, -0.2) is 44.7 Å². The molecule has 1 aliphatic carbocycles. The van der Waals surface area contributed by atoms with Crippen LogP contribution in [0.4, 0.5) is 0 Å². The Bertz CT molecular complexity index is 482. The number of nitrogens with one attached hydrogen (secondary N) is 1. The fraction of sp³-hybridized carbons (Fsp3) is 0.769. The highest BCUT2D eigenvalue weighted by molar-refractivity contribution is 5.85. The number of hydrogen-bond donors (Lipinski definition) is 1. The zero-order valence-corrected chi connectivity index (χ0v) is 12.2. The molecule has 1 aromatic heterocycles. The van der Waals surface area contributed by atoms with Crippen LogP contribution in [-0.2, 0) is 16.1 Å². The minimum Gasteiger partial charge on any atom is -0.460 e. The molecule has 21 heavy (non-hydrogen) atoms. The summed E-state index contributed by atoms with van der Waals surface area (Å²) in [5.74, 6) is -0.579. The molecule has 0 spiro atoms. The maximum absolute atomic E-state index is 11.9. The molecule has 8 heteroatoms. The molecule has 0 unspecified atom stereocenters. The summed E-state index contributed by atoms with van der Waals surface area (Å²) in [7, 11) is 0. The van der Waals surface area contributed by atoms with Gasteiger partial charge in [-0.05, 0) is 30.2 Å². The Morgan fingerprint density at radius 3 is 2.81 bits per heavy atom. The first-order valence-corrected chi connectivity index (χ1v) is 7.43. The first kappa shape index (κ1) is 15.4. The van der Waals surface area contributed by atoms with Gasteiger partial charge in [0.2, 0.25) is 5.91 Å². The van der Waals surface area contributed by atoms with E-state index in [9.17, 15) is 9.59 Å². The van der Waals surface area contributed by atoms with Crippen LogP contribution in [0.3, 0.4) is 0 Å². The Balaban J connectivity index is 1.81. The van der Waals surface area contributed by atoms with Gasteiger partial charge in [0.05, 0.1) is 13.2 Å². The molecule has 0 aliphatic heterocycles. The maximum atomic E-state index is 11.9. The number of rotatable bonds is 6. The Hall–Kier alpha value is -1.99. The second-order valence-corrected chi connectivity index (χ2v) is 5.10. The highest BCUT2D eigenvalue weighted by Gasteiger charge is 2.19. The largest absolute Gasteiger partial charge is 0.460 e. The number of aromatic nitrogens is 4. The molecule has 0 aromatic carbocycles. The van der Waals surface area contributed by atoms with Gasteiger partial charge in [-0.15, -0.1) is 5.10 Å². The average molecular weight is 295 g/mol. The summed E-state index contributed by atoms with van der Waals surface area (Å²) >= 11 is 0. The highest BCUT2D eigenvalue weighted by Crippen LogP contribution is 2.17. The number of aryl methyl sites for hydroxylation is 1. The Kier molecular flexibility index (Phi) is 5.65. The lowest BCUT2D eigenvalue weighted by molar-refractivity contribution is -0.122. The molecule has 0 saturated heterocycles. The van der Waals surface area contributed by atoms with Crippen molar-refractivity contribution in [2.75, 3.05) is 6.61 Å². The lowest BCUT2D eigenvalue weighted by atomic mass is 9.95. The third kappa shape index (κ3) is 4.51. The number of carbonyl (C=O) groups excluding carboxylic acids is 2. The number of tetrazole rings is 1. The molecule has 116 valence electrons. The van der Waals surface area contributed by atoms with E-state index in [2.05, 4.69) is 20.8 Å². The lowest BCUT2D eigenvalue weighted by Gasteiger charge is -2.22. The number of nitrogens with zero attached hydrogens (tertiary/aromatic N) is 4. The van der Waals surface area contributed by atoms with Gasteiger partial charge in [0.15, 0.2) is 0 Å². The quantitative estimate of drug-likeness (QED) is 0.775. The molecule has 2 rings (SSSR count). The molecule has 1 N–H and O–H groups in total. The number of carbonyl (C=O) groups is 2. The Morgan fingerprint density at radius 1 is 1.33 bits per heavy atom. The van der Waals surface area contributed by atoms with E-state index in [1.165, 1.54) is 23.9 Å². The first-order chi connectivity index (χ1) is 10.2. The molecule has 1 fully saturated rings. The highest BCUT2D eigenvalue weighted by atomic mass is 16.5. The minimum absolute atomic E-state index is 0.0299. The molecule has 8 nitrogen and oxygen atoms in total. The zero-order chi connectivity index (χ0) is 15.1. The molecule has 0 radical (unpaired) electrons. The van der Waals surface area contributed by atoms with Gasteiger partial charge < -0.3 is 10.1 Å². The van der Waals surface area contributed by atoms with Crippen molar-refractivity contribution in [2.45, 2.75) is 58.0 Å². The van der Waals surface area contributed by atoms with Crippen molar-refractivity contribution < 1.29 is 14.3 Å². The van der Waals surface area contributed by atoms with Crippen LogP contribution < -0.4 is 5.32 Å². The van der Waals surface area contributed by atoms with Crippen molar-refractivity contribution in [3.63, 3.8) is 0 Å². The number of ether oxygens (including phenoxy) is 1. The van der Waals surface area contributed by atoms with Crippen molar-refractivity contribution >= 4 is 11.9 Å². The monoisotopic (exact) mass is 295 g/mol. The molecule has 1 aromatic rings. The van der Waals surface area contributed by atoms with E-state index < -0.39 is 5.97 Å². The maximum Gasteiger partial charge on any atom is 0.378 e. The van der Waals surface area contributed by atoms with Gasteiger partial charge in [-0.3, -0.25) is 4.79 Å². The van der Waals surface area contributed by atoms with E-state index in [-0.39, 0.29) is 37.3 Å². The van der Waals surface area contributed by atoms with Crippen molar-refractivity contribution in [2.24, 2.45) is 0 Å². The van der Waals surface area contributed by atoms with Crippen LogP contribution in [0.2, 0.25) is 0 Å². The third-order valence-electron chi connectivity index (χ3n) is 3.51. The van der Waals surface area contributed by atoms with Gasteiger partial charge >= 0.3 is 5.97 Å². The smallest absolute Gasteiger partial charge is 0.378 e. The van der Waals surface area contributed by atoms with Crippen LogP contribution in [0, 0.1) is 0 Å². The van der Waals surface area contributed by atoms with E-state index in [1.54, 1.807) is 6.92 Å². The van der Waals surface area contributed by atoms with Crippen LogP contribution in [0.15, 0.2) is 0 Å². The van der Waals surface area contributed by atoms with E-state index in [4.69, 9.17) is 4.74 Å². The van der Waals surface area contributed by atoms with E-state index in [0.717, 1.165) is 12.8 Å². The Morgan fingerprint density at radius 2 is 2.10 bits per heavy atom. The zero-order valence-electron chi connectivity index (χ0n) is 12.2. The van der Waals surface area contributed by atoms with Gasteiger partial charge in [-0.1, -0.05) is 19.3 Å². The SMILES string of the molecule is CCOC(=O)c1nnnn1CCC(=O)NC1CCCCC1. The lowest BCUT2D eigenvalue weighted by Crippen LogP contribution is -2.36. The molecular formula is C13H21N5O3. The average Bonchev–Trinajstić information content (AvgIpc) is 2.95. The Labute approximate surface area is 123 Å². The summed E-state index contributed by atoms with van der Waals surface area (Å²) in [6.07, 6.45) is 5.93. The summed E-state index contributed by atoms with van der Waals surface area (Å²) in [5.41, 5.74) is 0. The normalized spacial score (nSPS) is 15.7. The second-order valence-electron chi connectivity index (χ2n) is 5.10. The van der Waals surface area contributed by atoms with Gasteiger partial charge in [0.25, 0.3) is 5.82 Å². The standard InChI is InChI=1S/C13H21N5O3/c1-2-21-13(20)12-15-16-17-18(12)9-8-11(19)14-10-6-4-3-5-7-10/h10H,2-9H2,1H3,(H,14,19). The summed E-state index contributed by atoms with van der Waals surface area (Å²) in [4.78, 5) is 23.5. The third-order valence-corrected chi connectivity index (χ3v) is 3.51. The first-order valence-electron chi connectivity index (χ1n) is 7.43. The van der Waals surface area contributed by atoms with Gasteiger partial charge in [-0.2, -0.15) is 0 Å². The van der Waals surface area contributed by atoms with Crippen molar-refractivity contribution in [3.8, 4) is 0 Å². The minimum atomic E-state index is -0.574. The summed E-state index contributed by atoms with van der Waals surface area (Å²) in [6, 6.07) is 0.282. The summed E-state index contributed by atoms with van der Waals surface area (Å²) in [6.45, 7) is 2.23. The molecule has 1 aliphatic rings. The topological polar surface area (TPSA) is 99.0 Å². The van der Waals surface area contributed by atoms with Crippen LogP contribution in [0.1, 0.15) is 56.1 Å². The van der Waals surface area contributed by atoms with Crippen LogP contribution in [0.25, 0.3) is 0 Å². The van der Waals surface area contributed by atoms with Crippen LogP contribution >= 0.6 is 0 Å². The fourth-order valence-electron chi connectivity index (χ4n) is 2.45. The van der Waals surface area contributed by atoms with Gasteiger partial charge in [0.1, 0.15) is 0 Å². The van der Waals surface area contributed by atoms with E-state index >= 15 is 0 Å². The second kappa shape index (κ2) is 7.70. The summed E-state index contributed by atoms with van der Waals surface area (Å²) in [5, 5.41) is 13.8. The molecular weight excluding hydrogens is 274 g/mol. The van der Waals surface area contributed by atoms with Crippen molar-refractivity contribution in [3.05, 3.63) is 5.82 Å². The van der Waals surface area contributed by atoms with Crippen LogP contribution in [0.5, 0.6) is 0 Å². The summed E-state index contributed by atoms with van der Waals surface area (Å²) < 4.78 is 6.16. The number of amides is 1. The fourth-order valence-corrected chi connectivity index (χ4v) is 2.45.